The summed E-state index contributed by atoms with van der Waals surface area (Å²) in [6.45, 7) is 3.95. The molecule has 0 saturated carbocycles. The highest BCUT2D eigenvalue weighted by Gasteiger charge is 2.25. The summed E-state index contributed by atoms with van der Waals surface area (Å²) in [4.78, 5) is 16.6. The van der Waals surface area contributed by atoms with Gasteiger partial charge in [-0.2, -0.15) is 0 Å². The average molecular weight is 333 g/mol. The summed E-state index contributed by atoms with van der Waals surface area (Å²) in [5.41, 5.74) is 1.16. The summed E-state index contributed by atoms with van der Waals surface area (Å²) in [6, 6.07) is 10.5. The number of nitrogens with zero attached hydrogens (tertiary/aromatic N) is 2. The molecular formula is C19H31N3O2. The number of nitrogens with one attached hydrogen (secondary N) is 1. The van der Waals surface area contributed by atoms with Crippen molar-refractivity contribution in [2.24, 2.45) is 0 Å². The molecule has 1 saturated heterocycles. The SMILES string of the molecule is CC(O)CC(CNC(=O)N1CCCC(N(C)C)C1)c1ccccc1. The molecule has 1 aliphatic rings. The molecule has 3 atom stereocenters. The van der Waals surface area contributed by atoms with Crippen molar-refractivity contribution in [3.8, 4) is 0 Å². The molecule has 0 aromatic heterocycles. The van der Waals surface area contributed by atoms with Gasteiger partial charge in [-0.1, -0.05) is 30.3 Å². The van der Waals surface area contributed by atoms with Crippen molar-refractivity contribution in [3.63, 3.8) is 0 Å². The third-order valence-corrected chi connectivity index (χ3v) is 4.81. The Morgan fingerprint density at radius 2 is 2.08 bits per heavy atom. The van der Waals surface area contributed by atoms with Gasteiger partial charge in [0.1, 0.15) is 0 Å². The van der Waals surface area contributed by atoms with E-state index in [1.807, 2.05) is 23.1 Å². The highest BCUT2D eigenvalue weighted by molar-refractivity contribution is 5.74. The zero-order chi connectivity index (χ0) is 17.5. The van der Waals surface area contributed by atoms with E-state index in [-0.39, 0.29) is 18.1 Å². The Morgan fingerprint density at radius 1 is 1.38 bits per heavy atom. The van der Waals surface area contributed by atoms with Gasteiger partial charge in [0.15, 0.2) is 0 Å². The van der Waals surface area contributed by atoms with Crippen LogP contribution in [0.15, 0.2) is 30.3 Å². The third kappa shape index (κ3) is 5.49. The fourth-order valence-corrected chi connectivity index (χ4v) is 3.36. The number of piperidine rings is 1. The van der Waals surface area contributed by atoms with Crippen molar-refractivity contribution in [1.29, 1.82) is 0 Å². The summed E-state index contributed by atoms with van der Waals surface area (Å²) >= 11 is 0. The average Bonchev–Trinajstić information content (AvgIpc) is 2.58. The molecule has 24 heavy (non-hydrogen) atoms. The maximum Gasteiger partial charge on any atom is 0.317 e. The lowest BCUT2D eigenvalue weighted by atomic mass is 9.93. The van der Waals surface area contributed by atoms with E-state index in [1.165, 1.54) is 0 Å². The van der Waals surface area contributed by atoms with E-state index in [0.717, 1.165) is 31.5 Å². The van der Waals surface area contributed by atoms with Gasteiger partial charge in [0.2, 0.25) is 0 Å². The second kappa shape index (κ2) is 9.04. The lowest BCUT2D eigenvalue weighted by Gasteiger charge is -2.36. The molecule has 1 aliphatic heterocycles. The number of hydrogen-bond donors (Lipinski definition) is 2. The molecule has 1 fully saturated rings. The van der Waals surface area contributed by atoms with Gasteiger partial charge in [-0.25, -0.2) is 4.79 Å². The maximum atomic E-state index is 12.5. The minimum absolute atomic E-state index is 0.00748. The molecule has 1 heterocycles. The standard InChI is InChI=1S/C19H31N3O2/c1-15(23)12-17(16-8-5-4-6-9-16)13-20-19(24)22-11-7-10-18(14-22)21(2)3/h4-6,8-9,15,17-18,23H,7,10-14H2,1-3H3,(H,20,24). The Balaban J connectivity index is 1.92. The number of aliphatic hydroxyl groups is 1. The first-order chi connectivity index (χ1) is 11.5. The summed E-state index contributed by atoms with van der Waals surface area (Å²) in [5, 5.41) is 12.8. The Labute approximate surface area is 145 Å². The molecule has 2 N–H and O–H groups in total. The summed E-state index contributed by atoms with van der Waals surface area (Å²) in [7, 11) is 4.14. The van der Waals surface area contributed by atoms with E-state index in [0.29, 0.717) is 19.0 Å². The number of carbonyl (C=O) groups is 1. The van der Waals surface area contributed by atoms with Crippen molar-refractivity contribution in [2.75, 3.05) is 33.7 Å². The van der Waals surface area contributed by atoms with Crippen LogP contribution < -0.4 is 5.32 Å². The normalized spacial score (nSPS) is 20.7. The first-order valence-electron chi connectivity index (χ1n) is 8.89. The molecule has 3 unspecified atom stereocenters. The third-order valence-electron chi connectivity index (χ3n) is 4.81. The molecule has 0 bridgehead atoms. The topological polar surface area (TPSA) is 55.8 Å². The number of hydrogen-bond acceptors (Lipinski definition) is 3. The van der Waals surface area contributed by atoms with Gasteiger partial charge in [0.25, 0.3) is 0 Å². The van der Waals surface area contributed by atoms with E-state index in [9.17, 15) is 9.90 Å². The number of amides is 2. The Bertz CT molecular complexity index is 505. The Morgan fingerprint density at radius 3 is 2.71 bits per heavy atom. The highest BCUT2D eigenvalue weighted by Crippen LogP contribution is 2.21. The van der Waals surface area contributed by atoms with Gasteiger partial charge in [-0.15, -0.1) is 0 Å². The lowest BCUT2D eigenvalue weighted by molar-refractivity contribution is 0.138. The number of likely N-dealkylation sites (N-methyl/N-ethyl adjacent to an activating group) is 1. The summed E-state index contributed by atoms with van der Waals surface area (Å²) in [5.74, 6) is 0.129. The van der Waals surface area contributed by atoms with Crippen LogP contribution in [0.4, 0.5) is 4.79 Å². The van der Waals surface area contributed by atoms with Gasteiger partial charge < -0.3 is 20.2 Å². The van der Waals surface area contributed by atoms with Crippen LogP contribution in [0.1, 0.15) is 37.7 Å². The molecule has 2 rings (SSSR count). The minimum atomic E-state index is -0.389. The number of likely N-dealkylation sites (tertiary alicyclic amines) is 1. The van der Waals surface area contributed by atoms with Gasteiger partial charge in [-0.3, -0.25) is 0 Å². The molecular weight excluding hydrogens is 302 g/mol. The predicted octanol–water partition coefficient (Wildman–Crippen LogP) is 2.28. The molecule has 2 amide bonds. The molecule has 134 valence electrons. The molecule has 0 aliphatic carbocycles. The molecule has 5 nitrogen and oxygen atoms in total. The van der Waals surface area contributed by atoms with Crippen LogP contribution in [0.5, 0.6) is 0 Å². The van der Waals surface area contributed by atoms with Crippen LogP contribution >= 0.6 is 0 Å². The van der Waals surface area contributed by atoms with Crippen LogP contribution in [-0.2, 0) is 0 Å². The first kappa shape index (κ1) is 18.7. The molecule has 5 heteroatoms. The fraction of sp³-hybridized carbons (Fsp3) is 0.632. The van der Waals surface area contributed by atoms with Crippen LogP contribution in [0.25, 0.3) is 0 Å². The maximum absolute atomic E-state index is 12.5. The van der Waals surface area contributed by atoms with Crippen molar-refractivity contribution in [1.82, 2.24) is 15.1 Å². The van der Waals surface area contributed by atoms with E-state index < -0.39 is 0 Å². The molecule has 1 aromatic rings. The predicted molar refractivity (Wildman–Crippen MR) is 97.2 cm³/mol. The monoisotopic (exact) mass is 333 g/mol. The number of urea groups is 1. The highest BCUT2D eigenvalue weighted by atomic mass is 16.3. The van der Waals surface area contributed by atoms with Crippen LogP contribution in [-0.4, -0.2) is 66.8 Å². The first-order valence-corrected chi connectivity index (χ1v) is 8.89. The number of aliphatic hydroxyl groups excluding tert-OH is 1. The zero-order valence-corrected chi connectivity index (χ0v) is 15.1. The van der Waals surface area contributed by atoms with Gasteiger partial charge in [-0.05, 0) is 45.8 Å². The largest absolute Gasteiger partial charge is 0.393 e. The number of carbonyl (C=O) groups excluding carboxylic acids is 1. The molecule has 1 aromatic carbocycles. The van der Waals surface area contributed by atoms with Crippen LogP contribution in [0, 0.1) is 0 Å². The lowest BCUT2D eigenvalue weighted by Crippen LogP contribution is -2.51. The number of benzene rings is 1. The van der Waals surface area contributed by atoms with Crippen molar-refractivity contribution in [3.05, 3.63) is 35.9 Å². The quantitative estimate of drug-likeness (QED) is 0.840. The summed E-state index contributed by atoms with van der Waals surface area (Å²) < 4.78 is 0. The van der Waals surface area contributed by atoms with Gasteiger partial charge >= 0.3 is 6.03 Å². The smallest absolute Gasteiger partial charge is 0.317 e. The molecule has 0 spiro atoms. The molecule has 0 radical (unpaired) electrons. The van der Waals surface area contributed by atoms with Crippen molar-refractivity contribution >= 4 is 6.03 Å². The van der Waals surface area contributed by atoms with E-state index in [2.05, 4.69) is 36.4 Å². The van der Waals surface area contributed by atoms with Crippen molar-refractivity contribution < 1.29 is 9.90 Å². The van der Waals surface area contributed by atoms with Gasteiger partial charge in [0.05, 0.1) is 6.10 Å². The summed E-state index contributed by atoms with van der Waals surface area (Å²) in [6.07, 6.45) is 2.45. The second-order valence-corrected chi connectivity index (χ2v) is 7.08. The van der Waals surface area contributed by atoms with E-state index in [4.69, 9.17) is 0 Å². The van der Waals surface area contributed by atoms with Crippen LogP contribution in [0.2, 0.25) is 0 Å². The fourth-order valence-electron chi connectivity index (χ4n) is 3.36. The van der Waals surface area contributed by atoms with E-state index in [1.54, 1.807) is 6.92 Å². The van der Waals surface area contributed by atoms with Gasteiger partial charge in [0, 0.05) is 31.6 Å². The van der Waals surface area contributed by atoms with Crippen LogP contribution in [0.3, 0.4) is 0 Å². The number of rotatable bonds is 6. The Kier molecular flexibility index (Phi) is 7.06. The minimum Gasteiger partial charge on any atom is -0.393 e. The van der Waals surface area contributed by atoms with Crippen molar-refractivity contribution in [2.45, 2.75) is 44.2 Å². The van der Waals surface area contributed by atoms with E-state index >= 15 is 0 Å². The zero-order valence-electron chi connectivity index (χ0n) is 15.1. The Hall–Kier alpha value is -1.59. The second-order valence-electron chi connectivity index (χ2n) is 7.08.